The first kappa shape index (κ1) is 14.2. The van der Waals surface area contributed by atoms with Gasteiger partial charge in [-0.2, -0.15) is 0 Å². The van der Waals surface area contributed by atoms with E-state index in [0.717, 1.165) is 41.1 Å². The van der Waals surface area contributed by atoms with Crippen LogP contribution in [0.2, 0.25) is 0 Å². The van der Waals surface area contributed by atoms with Gasteiger partial charge >= 0.3 is 0 Å². The molecule has 2 aliphatic carbocycles. The SMILES string of the molecule is CCNC(=O)c1ccc(NCC2CC3C=CC2C3)c(C)c1. The van der Waals surface area contributed by atoms with Gasteiger partial charge in [-0.15, -0.1) is 0 Å². The summed E-state index contributed by atoms with van der Waals surface area (Å²) in [6.45, 7) is 5.69. The third kappa shape index (κ3) is 2.97. The molecule has 3 nitrogen and oxygen atoms in total. The number of carbonyl (C=O) groups is 1. The topological polar surface area (TPSA) is 41.1 Å². The number of rotatable bonds is 5. The molecule has 0 radical (unpaired) electrons. The van der Waals surface area contributed by atoms with Crippen LogP contribution < -0.4 is 10.6 Å². The lowest BCUT2D eigenvalue weighted by atomic mass is 9.93. The highest BCUT2D eigenvalue weighted by atomic mass is 16.1. The van der Waals surface area contributed by atoms with Crippen molar-refractivity contribution in [1.82, 2.24) is 5.32 Å². The lowest BCUT2D eigenvalue weighted by Gasteiger charge is -2.20. The van der Waals surface area contributed by atoms with Crippen LogP contribution in [-0.2, 0) is 0 Å². The quantitative estimate of drug-likeness (QED) is 0.814. The lowest BCUT2D eigenvalue weighted by molar-refractivity contribution is 0.0956. The highest BCUT2D eigenvalue weighted by molar-refractivity contribution is 5.94. The summed E-state index contributed by atoms with van der Waals surface area (Å²) in [7, 11) is 0. The fourth-order valence-corrected chi connectivity index (χ4v) is 3.64. The molecule has 0 aromatic heterocycles. The minimum absolute atomic E-state index is 0.00499. The molecule has 1 aromatic carbocycles. The predicted octanol–water partition coefficient (Wildman–Crippen LogP) is 3.37. The van der Waals surface area contributed by atoms with E-state index in [1.54, 1.807) is 0 Å². The van der Waals surface area contributed by atoms with Crippen LogP contribution in [0.5, 0.6) is 0 Å². The van der Waals surface area contributed by atoms with Crippen molar-refractivity contribution in [3.8, 4) is 0 Å². The maximum absolute atomic E-state index is 11.8. The molecule has 3 atom stereocenters. The highest BCUT2D eigenvalue weighted by Crippen LogP contribution is 2.43. The zero-order valence-corrected chi connectivity index (χ0v) is 12.9. The molecule has 112 valence electrons. The van der Waals surface area contributed by atoms with Crippen LogP contribution in [0, 0.1) is 24.7 Å². The Hall–Kier alpha value is -1.77. The van der Waals surface area contributed by atoms with Crippen molar-refractivity contribution in [2.45, 2.75) is 26.7 Å². The molecule has 3 unspecified atom stereocenters. The van der Waals surface area contributed by atoms with Crippen LogP contribution in [0.4, 0.5) is 5.69 Å². The first-order valence-electron chi connectivity index (χ1n) is 7.98. The van der Waals surface area contributed by atoms with Gasteiger partial charge in [0, 0.05) is 24.3 Å². The fourth-order valence-electron chi connectivity index (χ4n) is 3.64. The second kappa shape index (κ2) is 5.92. The summed E-state index contributed by atoms with van der Waals surface area (Å²) in [6.07, 6.45) is 7.45. The van der Waals surface area contributed by atoms with Gasteiger partial charge in [-0.25, -0.2) is 0 Å². The first-order valence-corrected chi connectivity index (χ1v) is 7.98. The predicted molar refractivity (Wildman–Crippen MR) is 86.5 cm³/mol. The van der Waals surface area contributed by atoms with Crippen molar-refractivity contribution in [2.24, 2.45) is 17.8 Å². The first-order chi connectivity index (χ1) is 10.2. The summed E-state index contributed by atoms with van der Waals surface area (Å²) >= 11 is 0. The van der Waals surface area contributed by atoms with Crippen LogP contribution in [-0.4, -0.2) is 19.0 Å². The number of hydrogen-bond acceptors (Lipinski definition) is 2. The second-order valence-electron chi connectivity index (χ2n) is 6.31. The highest BCUT2D eigenvalue weighted by Gasteiger charge is 2.35. The van der Waals surface area contributed by atoms with E-state index in [1.165, 1.54) is 12.8 Å². The minimum atomic E-state index is 0.00499. The van der Waals surface area contributed by atoms with Crippen molar-refractivity contribution in [2.75, 3.05) is 18.4 Å². The van der Waals surface area contributed by atoms with Gasteiger partial charge in [-0.05, 0) is 68.2 Å². The molecule has 0 saturated heterocycles. The minimum Gasteiger partial charge on any atom is -0.385 e. The van der Waals surface area contributed by atoms with E-state index in [0.29, 0.717) is 6.54 Å². The third-order valence-electron chi connectivity index (χ3n) is 4.80. The largest absolute Gasteiger partial charge is 0.385 e. The smallest absolute Gasteiger partial charge is 0.251 e. The van der Waals surface area contributed by atoms with Crippen LogP contribution in [0.3, 0.4) is 0 Å². The molecule has 1 saturated carbocycles. The van der Waals surface area contributed by atoms with Crippen LogP contribution in [0.25, 0.3) is 0 Å². The number of anilines is 1. The Bertz CT molecular complexity index is 564. The van der Waals surface area contributed by atoms with Crippen molar-refractivity contribution in [3.05, 3.63) is 41.5 Å². The second-order valence-corrected chi connectivity index (χ2v) is 6.31. The summed E-state index contributed by atoms with van der Waals surface area (Å²) < 4.78 is 0. The Morgan fingerprint density at radius 1 is 1.29 bits per heavy atom. The monoisotopic (exact) mass is 284 g/mol. The van der Waals surface area contributed by atoms with Crippen molar-refractivity contribution < 1.29 is 4.79 Å². The van der Waals surface area contributed by atoms with Crippen LogP contribution in [0.1, 0.15) is 35.7 Å². The number of amides is 1. The zero-order chi connectivity index (χ0) is 14.8. The van der Waals surface area contributed by atoms with Gasteiger partial charge in [0.05, 0.1) is 0 Å². The van der Waals surface area contributed by atoms with E-state index in [1.807, 2.05) is 25.1 Å². The Labute approximate surface area is 126 Å². The molecular weight excluding hydrogens is 260 g/mol. The van der Waals surface area contributed by atoms with E-state index < -0.39 is 0 Å². The Morgan fingerprint density at radius 2 is 2.14 bits per heavy atom. The lowest BCUT2D eigenvalue weighted by Crippen LogP contribution is -2.23. The number of fused-ring (bicyclic) bond motifs is 2. The number of aryl methyl sites for hydroxylation is 1. The van der Waals surface area contributed by atoms with Gasteiger partial charge in [0.25, 0.3) is 5.91 Å². The van der Waals surface area contributed by atoms with Crippen molar-refractivity contribution in [3.63, 3.8) is 0 Å². The third-order valence-corrected chi connectivity index (χ3v) is 4.80. The Balaban J connectivity index is 1.61. The average Bonchev–Trinajstić information content (AvgIpc) is 3.08. The summed E-state index contributed by atoms with van der Waals surface area (Å²) in [5, 5.41) is 6.41. The van der Waals surface area contributed by atoms with E-state index in [9.17, 15) is 4.79 Å². The molecule has 0 spiro atoms. The van der Waals surface area contributed by atoms with E-state index in [4.69, 9.17) is 0 Å². The molecule has 21 heavy (non-hydrogen) atoms. The van der Waals surface area contributed by atoms with Gasteiger partial charge in [0.1, 0.15) is 0 Å². The van der Waals surface area contributed by atoms with Gasteiger partial charge in [0.2, 0.25) is 0 Å². The van der Waals surface area contributed by atoms with Crippen molar-refractivity contribution >= 4 is 11.6 Å². The molecule has 0 aliphatic heterocycles. The van der Waals surface area contributed by atoms with Gasteiger partial charge in [0.15, 0.2) is 0 Å². The zero-order valence-electron chi connectivity index (χ0n) is 12.9. The standard InChI is InChI=1S/C18H24N2O/c1-3-19-18(21)15-6-7-17(12(2)8-15)20-11-16-10-13-4-5-14(16)9-13/h4-8,13-14,16,20H,3,9-11H2,1-2H3,(H,19,21). The number of hydrogen-bond donors (Lipinski definition) is 2. The molecule has 1 aromatic rings. The number of nitrogens with one attached hydrogen (secondary N) is 2. The van der Waals surface area contributed by atoms with E-state index in [-0.39, 0.29) is 5.91 Å². The summed E-state index contributed by atoms with van der Waals surface area (Å²) in [6, 6.07) is 5.90. The molecule has 2 aliphatic rings. The molecule has 2 N–H and O–H groups in total. The maximum atomic E-state index is 11.8. The molecule has 0 heterocycles. The molecule has 2 bridgehead atoms. The summed E-state index contributed by atoms with van der Waals surface area (Å²) in [4.78, 5) is 11.8. The number of carbonyl (C=O) groups excluding carboxylic acids is 1. The molecule has 3 rings (SSSR count). The molecule has 1 amide bonds. The van der Waals surface area contributed by atoms with Crippen LogP contribution >= 0.6 is 0 Å². The van der Waals surface area contributed by atoms with Gasteiger partial charge < -0.3 is 10.6 Å². The van der Waals surface area contributed by atoms with Gasteiger partial charge in [-0.1, -0.05) is 12.2 Å². The number of benzene rings is 1. The fraction of sp³-hybridized carbons (Fsp3) is 0.500. The summed E-state index contributed by atoms with van der Waals surface area (Å²) in [5.41, 5.74) is 3.02. The maximum Gasteiger partial charge on any atom is 0.251 e. The van der Waals surface area contributed by atoms with E-state index in [2.05, 4.69) is 29.7 Å². The Morgan fingerprint density at radius 3 is 2.76 bits per heavy atom. The van der Waals surface area contributed by atoms with Gasteiger partial charge in [-0.3, -0.25) is 4.79 Å². The van der Waals surface area contributed by atoms with Crippen molar-refractivity contribution in [1.29, 1.82) is 0 Å². The number of allylic oxidation sites excluding steroid dienone is 2. The summed E-state index contributed by atoms with van der Waals surface area (Å²) in [5.74, 6) is 2.37. The molecule has 1 fully saturated rings. The average molecular weight is 284 g/mol. The molecular formula is C18H24N2O. The van der Waals surface area contributed by atoms with E-state index >= 15 is 0 Å². The Kier molecular flexibility index (Phi) is 4.00. The molecule has 3 heteroatoms. The van der Waals surface area contributed by atoms with Crippen LogP contribution in [0.15, 0.2) is 30.4 Å². The normalized spacial score (nSPS) is 26.1.